The zero-order valence-corrected chi connectivity index (χ0v) is 16.7. The minimum Gasteiger partial charge on any atom is -0.604 e. The van der Waals surface area contributed by atoms with Gasteiger partial charge in [0, 0.05) is 5.69 Å². The number of aliphatic imine (C=N–C) groups is 1. The lowest BCUT2D eigenvalue weighted by molar-refractivity contribution is 0.373. The Kier molecular flexibility index (Phi) is 5.55. The van der Waals surface area contributed by atoms with Gasteiger partial charge in [-0.2, -0.15) is 4.99 Å². The van der Waals surface area contributed by atoms with Crippen molar-refractivity contribution in [3.63, 3.8) is 0 Å². The number of hydrogen-bond donors (Lipinski definition) is 1. The zero-order valence-electron chi connectivity index (χ0n) is 15.9. The SMILES string of the molecule is COc1cc(C=C2CN(c3ccccc3)C(=Nc3ccccc3)[S+]2[O-])ccc1O. The Balaban J connectivity index is 1.75. The second kappa shape index (κ2) is 8.43. The summed E-state index contributed by atoms with van der Waals surface area (Å²) in [6.45, 7) is 0.464. The number of para-hydroxylation sites is 2. The Morgan fingerprint density at radius 2 is 1.72 bits per heavy atom. The molecule has 0 saturated carbocycles. The van der Waals surface area contributed by atoms with Crippen molar-refractivity contribution in [3.05, 3.63) is 89.3 Å². The summed E-state index contributed by atoms with van der Waals surface area (Å²) in [6.07, 6.45) is 1.86. The molecule has 4 rings (SSSR count). The van der Waals surface area contributed by atoms with Gasteiger partial charge in [0.25, 0.3) is 0 Å². The molecule has 3 aromatic rings. The Labute approximate surface area is 172 Å². The molecule has 6 heteroatoms. The van der Waals surface area contributed by atoms with Crippen LogP contribution in [0.4, 0.5) is 11.4 Å². The van der Waals surface area contributed by atoms with E-state index >= 15 is 0 Å². The van der Waals surface area contributed by atoms with E-state index in [1.807, 2.05) is 71.6 Å². The van der Waals surface area contributed by atoms with Crippen molar-refractivity contribution in [2.24, 2.45) is 4.99 Å². The number of nitrogens with zero attached hydrogens (tertiary/aromatic N) is 2. The van der Waals surface area contributed by atoms with Crippen LogP contribution in [0.15, 0.2) is 88.8 Å². The Morgan fingerprint density at radius 1 is 1.03 bits per heavy atom. The van der Waals surface area contributed by atoms with Crippen molar-refractivity contribution in [2.75, 3.05) is 18.6 Å². The smallest absolute Gasteiger partial charge is 0.330 e. The van der Waals surface area contributed by atoms with Crippen LogP contribution in [-0.2, 0) is 11.2 Å². The van der Waals surface area contributed by atoms with Gasteiger partial charge < -0.3 is 14.4 Å². The van der Waals surface area contributed by atoms with Crippen LogP contribution in [0.2, 0.25) is 0 Å². The monoisotopic (exact) mass is 404 g/mol. The molecule has 1 aliphatic rings. The highest BCUT2D eigenvalue weighted by molar-refractivity contribution is 8.10. The summed E-state index contributed by atoms with van der Waals surface area (Å²) >= 11 is -1.41. The fourth-order valence-corrected chi connectivity index (χ4v) is 4.38. The molecule has 1 N–H and O–H groups in total. The van der Waals surface area contributed by atoms with Gasteiger partial charge in [0.15, 0.2) is 16.4 Å². The van der Waals surface area contributed by atoms with Gasteiger partial charge in [0.05, 0.1) is 30.5 Å². The number of rotatable bonds is 4. The van der Waals surface area contributed by atoms with Gasteiger partial charge in [-0.05, 0) is 48.0 Å². The summed E-state index contributed by atoms with van der Waals surface area (Å²) in [7, 11) is 1.50. The molecule has 0 bridgehead atoms. The average molecular weight is 404 g/mol. The molecule has 1 unspecified atom stereocenters. The normalized spacial score (nSPS) is 19.1. The van der Waals surface area contributed by atoms with Crippen molar-refractivity contribution < 1.29 is 14.4 Å². The maximum absolute atomic E-state index is 13.3. The van der Waals surface area contributed by atoms with Gasteiger partial charge in [-0.15, -0.1) is 0 Å². The van der Waals surface area contributed by atoms with Gasteiger partial charge in [0.2, 0.25) is 0 Å². The molecule has 146 valence electrons. The number of aromatic hydroxyl groups is 1. The second-order valence-electron chi connectivity index (χ2n) is 6.46. The lowest BCUT2D eigenvalue weighted by Crippen LogP contribution is -2.27. The van der Waals surface area contributed by atoms with Crippen molar-refractivity contribution in [1.82, 2.24) is 0 Å². The minimum atomic E-state index is -1.41. The molecule has 1 heterocycles. The standard InChI is InChI=1S/C23H20N2O3S/c1-28-22-15-17(12-13-21(22)26)14-20-16-25(19-10-6-3-7-11-19)23(29(20)27)24-18-8-4-2-5-9-18/h2-15,26H,16H2,1H3. The van der Waals surface area contributed by atoms with Gasteiger partial charge in [-0.25, -0.2) is 0 Å². The molecule has 0 spiro atoms. The third-order valence-corrected chi connectivity index (χ3v) is 5.90. The molecule has 0 amide bonds. The summed E-state index contributed by atoms with van der Waals surface area (Å²) in [6, 6.07) is 24.4. The number of hydrogen-bond acceptors (Lipinski definition) is 4. The van der Waals surface area contributed by atoms with Crippen LogP contribution in [0.5, 0.6) is 11.5 Å². The summed E-state index contributed by atoms with van der Waals surface area (Å²) in [5.74, 6) is 0.445. The quantitative estimate of drug-likeness (QED) is 0.640. The minimum absolute atomic E-state index is 0.0689. The number of benzene rings is 3. The summed E-state index contributed by atoms with van der Waals surface area (Å²) in [5, 5.41) is 10.3. The number of amidine groups is 1. The lowest BCUT2D eigenvalue weighted by Gasteiger charge is -2.14. The molecule has 1 saturated heterocycles. The Morgan fingerprint density at radius 3 is 2.41 bits per heavy atom. The lowest BCUT2D eigenvalue weighted by atomic mass is 10.2. The topological polar surface area (TPSA) is 68.1 Å². The summed E-state index contributed by atoms with van der Waals surface area (Å²) < 4.78 is 18.5. The van der Waals surface area contributed by atoms with Crippen LogP contribution in [-0.4, -0.2) is 28.5 Å². The van der Waals surface area contributed by atoms with Crippen LogP contribution in [0.25, 0.3) is 6.08 Å². The first-order valence-electron chi connectivity index (χ1n) is 9.11. The number of anilines is 1. The van der Waals surface area contributed by atoms with Gasteiger partial charge in [-0.1, -0.05) is 42.5 Å². The highest BCUT2D eigenvalue weighted by Crippen LogP contribution is 2.33. The molecule has 0 radical (unpaired) electrons. The van der Waals surface area contributed by atoms with E-state index in [0.717, 1.165) is 21.8 Å². The van der Waals surface area contributed by atoms with E-state index in [1.54, 1.807) is 18.2 Å². The van der Waals surface area contributed by atoms with Crippen molar-refractivity contribution in [2.45, 2.75) is 0 Å². The second-order valence-corrected chi connectivity index (χ2v) is 7.89. The fourth-order valence-electron chi connectivity index (χ4n) is 3.09. The zero-order chi connectivity index (χ0) is 20.2. The molecule has 1 fully saturated rings. The predicted molar refractivity (Wildman–Crippen MR) is 118 cm³/mol. The average Bonchev–Trinajstić information content (AvgIpc) is 3.06. The number of methoxy groups -OCH3 is 1. The molecule has 0 aliphatic carbocycles. The first-order valence-corrected chi connectivity index (χ1v) is 10.3. The van der Waals surface area contributed by atoms with E-state index in [2.05, 4.69) is 4.99 Å². The maximum atomic E-state index is 13.3. The van der Waals surface area contributed by atoms with E-state index in [0.29, 0.717) is 17.5 Å². The van der Waals surface area contributed by atoms with Crippen molar-refractivity contribution in [1.29, 1.82) is 0 Å². The fraction of sp³-hybridized carbons (Fsp3) is 0.0870. The highest BCUT2D eigenvalue weighted by atomic mass is 32.2. The third kappa shape index (κ3) is 4.13. The van der Waals surface area contributed by atoms with E-state index < -0.39 is 11.2 Å². The molecule has 1 aliphatic heterocycles. The summed E-state index contributed by atoms with van der Waals surface area (Å²) in [5.41, 5.74) is 2.49. The van der Waals surface area contributed by atoms with Crippen LogP contribution in [0, 0.1) is 0 Å². The molecular formula is C23H20N2O3S. The van der Waals surface area contributed by atoms with Gasteiger partial charge in [-0.3, -0.25) is 4.90 Å². The van der Waals surface area contributed by atoms with Crippen LogP contribution < -0.4 is 9.64 Å². The predicted octanol–water partition coefficient (Wildman–Crippen LogP) is 4.70. The molecule has 1 atom stereocenters. The number of phenolic OH excluding ortho intramolecular Hbond substituents is 1. The molecule has 29 heavy (non-hydrogen) atoms. The Hall–Kier alpha value is -3.22. The molecular weight excluding hydrogens is 384 g/mol. The van der Waals surface area contributed by atoms with Crippen molar-refractivity contribution in [3.8, 4) is 11.5 Å². The molecule has 3 aromatic carbocycles. The first kappa shape index (κ1) is 19.1. The van der Waals surface area contributed by atoms with E-state index in [1.165, 1.54) is 7.11 Å². The number of ether oxygens (including phenoxy) is 1. The maximum Gasteiger partial charge on any atom is 0.330 e. The van der Waals surface area contributed by atoms with E-state index in [-0.39, 0.29) is 5.75 Å². The van der Waals surface area contributed by atoms with E-state index in [4.69, 9.17) is 4.74 Å². The number of phenols is 1. The summed E-state index contributed by atoms with van der Waals surface area (Å²) in [4.78, 5) is 7.37. The Bertz CT molecular complexity index is 1050. The highest BCUT2D eigenvalue weighted by Gasteiger charge is 2.39. The first-order chi connectivity index (χ1) is 14.2. The van der Waals surface area contributed by atoms with Gasteiger partial charge in [0.1, 0.15) is 0 Å². The van der Waals surface area contributed by atoms with Gasteiger partial charge >= 0.3 is 5.17 Å². The molecule has 5 nitrogen and oxygen atoms in total. The van der Waals surface area contributed by atoms with E-state index in [9.17, 15) is 9.66 Å². The van der Waals surface area contributed by atoms with Crippen molar-refractivity contribution >= 4 is 33.8 Å². The third-order valence-electron chi connectivity index (χ3n) is 4.53. The molecule has 0 aromatic heterocycles. The van der Waals surface area contributed by atoms with Crippen LogP contribution in [0.3, 0.4) is 0 Å². The largest absolute Gasteiger partial charge is 0.604 e. The van der Waals surface area contributed by atoms with Crippen LogP contribution >= 0.6 is 0 Å². The van der Waals surface area contributed by atoms with Crippen LogP contribution in [0.1, 0.15) is 5.56 Å².